The van der Waals surface area contributed by atoms with E-state index in [0.717, 1.165) is 53.5 Å². The molecule has 4 aromatic carbocycles. The number of hydrogen-bond donors (Lipinski definition) is 6. The third-order valence-corrected chi connectivity index (χ3v) is 13.6. The third-order valence-electron chi connectivity index (χ3n) is 13.6. The van der Waals surface area contributed by atoms with Crippen LogP contribution in [-0.4, -0.2) is 85.1 Å². The molecule has 0 radical (unpaired) electrons. The first kappa shape index (κ1) is 54.1. The SMILES string of the molecule is Cc1cc(-c2cc(NCCC(F)(F)F)c3ncc(-c4ccc(C(=O)NC5CC5)c(C)c4)n3c2)ccc1C(=O)O.Cc1cc(-c2cc(NCCC(F)(F)F)c3ncc(-c4ccc(C(=O)NC5CC5)c(C)c4)n3c2)ccc1C(N)=O. The van der Waals surface area contributed by atoms with Crippen molar-refractivity contribution < 1.29 is 50.6 Å². The van der Waals surface area contributed by atoms with Crippen molar-refractivity contribution in [2.75, 3.05) is 23.7 Å². The van der Waals surface area contributed by atoms with Crippen LogP contribution in [0.2, 0.25) is 0 Å². The zero-order chi connectivity index (χ0) is 55.8. The van der Waals surface area contributed by atoms with Crippen LogP contribution in [0.4, 0.5) is 37.7 Å². The number of carbonyl (C=O) groups excluding carboxylic acids is 3. The van der Waals surface area contributed by atoms with Crippen molar-refractivity contribution in [2.45, 2.75) is 90.7 Å². The van der Waals surface area contributed by atoms with Gasteiger partial charge in [0.15, 0.2) is 11.3 Å². The lowest BCUT2D eigenvalue weighted by Crippen LogP contribution is -2.26. The van der Waals surface area contributed by atoms with Crippen LogP contribution < -0.4 is 27.0 Å². The average molecular weight is 1070 g/mol. The number of anilines is 2. The Labute approximate surface area is 444 Å². The molecule has 8 aromatic rings. The molecule has 0 aliphatic heterocycles. The van der Waals surface area contributed by atoms with Gasteiger partial charge >= 0.3 is 18.3 Å². The summed E-state index contributed by atoms with van der Waals surface area (Å²) in [5, 5.41) is 21.1. The maximum Gasteiger partial charge on any atom is 0.390 e. The van der Waals surface area contributed by atoms with E-state index in [9.17, 15) is 50.6 Å². The predicted molar refractivity (Wildman–Crippen MR) is 286 cm³/mol. The molecule has 10 rings (SSSR count). The Kier molecular flexibility index (Phi) is 15.1. The van der Waals surface area contributed by atoms with Crippen molar-refractivity contribution in [3.8, 4) is 44.8 Å². The molecule has 2 aliphatic carbocycles. The highest BCUT2D eigenvalue weighted by atomic mass is 19.4. The summed E-state index contributed by atoms with van der Waals surface area (Å²) in [5.41, 5.74) is 17.7. The second-order valence-corrected chi connectivity index (χ2v) is 19.8. The highest BCUT2D eigenvalue weighted by Gasteiger charge is 2.29. The smallest absolute Gasteiger partial charge is 0.390 e. The normalized spacial score (nSPS) is 13.5. The van der Waals surface area contributed by atoms with E-state index >= 15 is 0 Å². The molecule has 20 heteroatoms. The number of aromatic carboxylic acids is 1. The molecule has 14 nitrogen and oxygen atoms in total. The molecule has 0 spiro atoms. The molecule has 3 amide bonds. The lowest BCUT2D eigenvalue weighted by atomic mass is 10.00. The Morgan fingerprint density at radius 1 is 0.538 bits per heavy atom. The molecular weight excluding hydrogens is 1020 g/mol. The van der Waals surface area contributed by atoms with Crippen LogP contribution in [-0.2, 0) is 0 Å². The van der Waals surface area contributed by atoms with Gasteiger partial charge in [-0.15, -0.1) is 0 Å². The first-order chi connectivity index (χ1) is 37.0. The topological polar surface area (TPSA) is 197 Å². The summed E-state index contributed by atoms with van der Waals surface area (Å²) < 4.78 is 80.8. The van der Waals surface area contributed by atoms with Crippen LogP contribution in [0.15, 0.2) is 110 Å². The minimum atomic E-state index is -4.31. The van der Waals surface area contributed by atoms with Crippen molar-refractivity contribution in [1.29, 1.82) is 0 Å². The standard InChI is InChI=1S/C29H28F3N5O2.C29H27F3N4O3/c1-16-11-18(3-7-22(16)26(33)38)20-13-24(34-10-9-29(30,31)32)27-35-14-25(37(27)15-20)19-4-8-23(17(2)12-19)28(39)36-21-5-6-21;1-16-12-19(4-7-22(16)27(37)35-21-5-6-21)25-14-34-26-24(33-10-9-29(30,31)32)13-20(15-36(25)26)18-3-8-23(28(38)39)17(2)11-18/h3-4,7-8,11-15,21,34H,5-6,9-10H2,1-2H3,(H2,33,38)(H,36,39);3-4,7-8,11-15,21,33H,5-6,9-10H2,1-2H3,(H,35,37)(H,38,39). The van der Waals surface area contributed by atoms with Gasteiger partial charge in [0.05, 0.1) is 53.6 Å². The van der Waals surface area contributed by atoms with Crippen LogP contribution in [0.3, 0.4) is 0 Å². The number of carboxylic acid groups (broad SMARTS) is 1. The molecule has 0 saturated heterocycles. The number of halogens is 6. The quantitative estimate of drug-likeness (QED) is 0.0510. The van der Waals surface area contributed by atoms with Crippen molar-refractivity contribution in [1.82, 2.24) is 29.4 Å². The molecule has 78 heavy (non-hydrogen) atoms. The number of nitrogens with one attached hydrogen (secondary N) is 4. The van der Waals surface area contributed by atoms with Crippen LogP contribution in [0.1, 0.15) is 102 Å². The van der Waals surface area contributed by atoms with Gasteiger partial charge in [0.1, 0.15) is 0 Å². The number of amides is 3. The molecular formula is C58H55F6N9O5. The molecule has 2 fully saturated rings. The fraction of sp³-hybridized carbons (Fsp3) is 0.276. The van der Waals surface area contributed by atoms with Crippen LogP contribution in [0, 0.1) is 27.7 Å². The van der Waals surface area contributed by atoms with Gasteiger partial charge in [-0.2, -0.15) is 26.3 Å². The first-order valence-electron chi connectivity index (χ1n) is 25.2. The van der Waals surface area contributed by atoms with Gasteiger partial charge in [-0.1, -0.05) is 36.4 Å². The van der Waals surface area contributed by atoms with Gasteiger partial charge in [-0.05, 0) is 135 Å². The maximum absolute atomic E-state index is 12.9. The molecule has 2 saturated carbocycles. The number of hydrogen-bond acceptors (Lipinski definition) is 8. The van der Waals surface area contributed by atoms with E-state index in [1.807, 2.05) is 61.0 Å². The largest absolute Gasteiger partial charge is 0.478 e. The van der Waals surface area contributed by atoms with Crippen LogP contribution in [0.25, 0.3) is 56.1 Å². The third kappa shape index (κ3) is 12.6. The van der Waals surface area contributed by atoms with Crippen molar-refractivity contribution in [3.05, 3.63) is 154 Å². The number of rotatable bonds is 16. The molecule has 0 unspecified atom stereocenters. The number of nitrogens with zero attached hydrogens (tertiary/aromatic N) is 4. The minimum absolute atomic E-state index is 0.104. The molecule has 0 bridgehead atoms. The number of nitrogens with two attached hydrogens (primary N) is 1. The van der Waals surface area contributed by atoms with Gasteiger partial charge in [0, 0.05) is 76.5 Å². The number of benzene rings is 4. The van der Waals surface area contributed by atoms with Crippen molar-refractivity contribution in [2.24, 2.45) is 5.73 Å². The number of aromatic nitrogens is 4. The van der Waals surface area contributed by atoms with E-state index in [-0.39, 0.29) is 42.6 Å². The fourth-order valence-corrected chi connectivity index (χ4v) is 9.20. The monoisotopic (exact) mass is 1070 g/mol. The summed E-state index contributed by atoms with van der Waals surface area (Å²) >= 11 is 0. The lowest BCUT2D eigenvalue weighted by Gasteiger charge is -2.14. The molecule has 4 heterocycles. The molecule has 7 N–H and O–H groups in total. The highest BCUT2D eigenvalue weighted by molar-refractivity contribution is 5.98. The Morgan fingerprint density at radius 2 is 0.897 bits per heavy atom. The van der Waals surface area contributed by atoms with Gasteiger partial charge in [-0.3, -0.25) is 23.2 Å². The minimum Gasteiger partial charge on any atom is -0.478 e. The summed E-state index contributed by atoms with van der Waals surface area (Å²) in [6.45, 7) is 6.56. The van der Waals surface area contributed by atoms with E-state index in [0.29, 0.717) is 78.6 Å². The van der Waals surface area contributed by atoms with Gasteiger partial charge < -0.3 is 32.1 Å². The summed E-state index contributed by atoms with van der Waals surface area (Å²) in [6, 6.07) is 25.1. The Morgan fingerprint density at radius 3 is 1.24 bits per heavy atom. The van der Waals surface area contributed by atoms with E-state index < -0.39 is 37.1 Å². The van der Waals surface area contributed by atoms with E-state index in [1.165, 1.54) is 6.07 Å². The predicted octanol–water partition coefficient (Wildman–Crippen LogP) is 11.9. The van der Waals surface area contributed by atoms with Crippen LogP contribution in [0.5, 0.6) is 0 Å². The first-order valence-corrected chi connectivity index (χ1v) is 25.2. The number of aryl methyl sites for hydroxylation is 4. The number of primary amides is 1. The fourth-order valence-electron chi connectivity index (χ4n) is 9.20. The number of pyridine rings is 2. The Hall–Kier alpha value is -8.68. The van der Waals surface area contributed by atoms with Gasteiger partial charge in [-0.25, -0.2) is 14.8 Å². The lowest BCUT2D eigenvalue weighted by molar-refractivity contribution is -0.132. The maximum atomic E-state index is 12.9. The molecule has 2 aliphatic rings. The highest BCUT2D eigenvalue weighted by Crippen LogP contribution is 2.35. The summed E-state index contributed by atoms with van der Waals surface area (Å²) in [5.74, 6) is -1.79. The van der Waals surface area contributed by atoms with Crippen molar-refractivity contribution in [3.63, 3.8) is 0 Å². The van der Waals surface area contributed by atoms with E-state index in [2.05, 4.69) is 31.2 Å². The number of alkyl halides is 6. The molecule has 4 aromatic heterocycles. The summed E-state index contributed by atoms with van der Waals surface area (Å²) in [4.78, 5) is 57.4. The van der Waals surface area contributed by atoms with Gasteiger partial charge in [0.2, 0.25) is 5.91 Å². The second-order valence-electron chi connectivity index (χ2n) is 19.8. The van der Waals surface area contributed by atoms with E-state index in [4.69, 9.17) is 5.73 Å². The number of fused-ring (bicyclic) bond motifs is 2. The molecule has 404 valence electrons. The Bertz CT molecular complexity index is 3410. The average Bonchev–Trinajstić information content (AvgIpc) is 4.29. The zero-order valence-electron chi connectivity index (χ0n) is 42.9. The summed E-state index contributed by atoms with van der Waals surface area (Å²) in [6.07, 6.45) is 0.355. The van der Waals surface area contributed by atoms with Gasteiger partial charge in [0.25, 0.3) is 11.8 Å². The Balaban J connectivity index is 0.000000190. The zero-order valence-corrected chi connectivity index (χ0v) is 42.9. The second kappa shape index (κ2) is 21.7. The number of carboxylic acids is 1. The number of carbonyl (C=O) groups is 4. The summed E-state index contributed by atoms with van der Waals surface area (Å²) in [7, 11) is 0. The van der Waals surface area contributed by atoms with E-state index in [1.54, 1.807) is 79.2 Å². The number of imidazole rings is 2. The van der Waals surface area contributed by atoms with Crippen LogP contribution >= 0.6 is 0 Å². The molecule has 0 atom stereocenters. The van der Waals surface area contributed by atoms with Crippen molar-refractivity contribution >= 4 is 46.4 Å².